The van der Waals surface area contributed by atoms with Gasteiger partial charge in [0.15, 0.2) is 5.75 Å². The van der Waals surface area contributed by atoms with Crippen molar-refractivity contribution >= 4 is 15.9 Å². The van der Waals surface area contributed by atoms with Gasteiger partial charge < -0.3 is 4.74 Å². The second-order valence-corrected chi connectivity index (χ2v) is 4.10. The lowest BCUT2D eigenvalue weighted by Gasteiger charge is -2.09. The van der Waals surface area contributed by atoms with Crippen LogP contribution in [0.4, 0.5) is 4.39 Å². The Kier molecular flexibility index (Phi) is 2.91. The van der Waals surface area contributed by atoms with Crippen LogP contribution in [0.3, 0.4) is 0 Å². The summed E-state index contributed by atoms with van der Waals surface area (Å²) in [5, 5.41) is 7.72. The second kappa shape index (κ2) is 4.21. The third-order valence-electron chi connectivity index (χ3n) is 2.05. The van der Waals surface area contributed by atoms with Crippen molar-refractivity contribution in [1.82, 2.24) is 15.0 Å². The van der Waals surface area contributed by atoms with Crippen molar-refractivity contribution in [3.8, 4) is 11.4 Å². The Morgan fingerprint density at radius 1 is 1.44 bits per heavy atom. The molecule has 2 aromatic rings. The van der Waals surface area contributed by atoms with E-state index in [1.165, 1.54) is 23.9 Å². The Hall–Kier alpha value is -1.43. The number of nitrogens with zero attached hydrogens (tertiary/aromatic N) is 3. The molecule has 4 nitrogen and oxygen atoms in total. The van der Waals surface area contributed by atoms with Crippen LogP contribution in [0.2, 0.25) is 0 Å². The van der Waals surface area contributed by atoms with Crippen LogP contribution in [0.15, 0.2) is 22.8 Å². The van der Waals surface area contributed by atoms with Gasteiger partial charge in [-0.25, -0.2) is 9.07 Å². The number of methoxy groups -OCH3 is 1. The van der Waals surface area contributed by atoms with Gasteiger partial charge in [0.2, 0.25) is 0 Å². The minimum atomic E-state index is -0.365. The molecule has 6 heteroatoms. The fourth-order valence-electron chi connectivity index (χ4n) is 1.38. The summed E-state index contributed by atoms with van der Waals surface area (Å²) in [5.74, 6) is 0.155. The van der Waals surface area contributed by atoms with Crippen LogP contribution in [0, 0.1) is 12.7 Å². The maximum Gasteiger partial charge on any atom is 0.158 e. The van der Waals surface area contributed by atoms with Crippen LogP contribution in [-0.4, -0.2) is 22.1 Å². The molecule has 0 saturated heterocycles. The molecule has 0 spiro atoms. The highest BCUT2D eigenvalue weighted by Gasteiger charge is 2.12. The molecule has 0 aliphatic heterocycles. The van der Waals surface area contributed by atoms with E-state index in [1.807, 2.05) is 6.92 Å². The monoisotopic (exact) mass is 285 g/mol. The zero-order valence-corrected chi connectivity index (χ0v) is 10.3. The smallest absolute Gasteiger partial charge is 0.158 e. The second-order valence-electron chi connectivity index (χ2n) is 3.24. The molecule has 0 radical (unpaired) electrons. The quantitative estimate of drug-likeness (QED) is 0.851. The highest BCUT2D eigenvalue weighted by molar-refractivity contribution is 9.10. The molecule has 0 amide bonds. The number of benzene rings is 1. The van der Waals surface area contributed by atoms with Crippen LogP contribution < -0.4 is 4.74 Å². The van der Waals surface area contributed by atoms with E-state index in [1.54, 1.807) is 6.20 Å². The fourth-order valence-corrected chi connectivity index (χ4v) is 1.97. The van der Waals surface area contributed by atoms with E-state index >= 15 is 0 Å². The maximum absolute atomic E-state index is 13.3. The molecule has 0 aliphatic rings. The van der Waals surface area contributed by atoms with Crippen molar-refractivity contribution in [2.24, 2.45) is 0 Å². The third-order valence-corrected chi connectivity index (χ3v) is 2.64. The SMILES string of the molecule is COc1c(Br)cc(F)cc1-n1cc(C)nn1. The summed E-state index contributed by atoms with van der Waals surface area (Å²) < 4.78 is 20.5. The summed E-state index contributed by atoms with van der Waals surface area (Å²) in [6.07, 6.45) is 1.70. The molecule has 0 N–H and O–H groups in total. The lowest BCUT2D eigenvalue weighted by molar-refractivity contribution is 0.407. The number of aryl methyl sites for hydroxylation is 1. The summed E-state index contributed by atoms with van der Waals surface area (Å²) in [4.78, 5) is 0. The zero-order valence-electron chi connectivity index (χ0n) is 8.74. The normalized spacial score (nSPS) is 10.5. The maximum atomic E-state index is 13.3. The van der Waals surface area contributed by atoms with Gasteiger partial charge in [0, 0.05) is 6.07 Å². The van der Waals surface area contributed by atoms with E-state index in [0.29, 0.717) is 15.9 Å². The molecule has 84 valence electrons. The molecule has 0 bridgehead atoms. The Balaban J connectivity index is 2.63. The topological polar surface area (TPSA) is 39.9 Å². The molecule has 16 heavy (non-hydrogen) atoms. The standard InChI is InChI=1S/C10H9BrFN3O/c1-6-5-15(14-13-6)9-4-7(12)3-8(11)10(9)16-2/h3-5H,1-2H3. The summed E-state index contributed by atoms with van der Waals surface area (Å²) in [6.45, 7) is 1.81. The van der Waals surface area contributed by atoms with Crippen molar-refractivity contribution < 1.29 is 9.13 Å². The van der Waals surface area contributed by atoms with E-state index in [0.717, 1.165) is 5.69 Å². The van der Waals surface area contributed by atoms with Crippen molar-refractivity contribution in [3.63, 3.8) is 0 Å². The zero-order chi connectivity index (χ0) is 11.7. The van der Waals surface area contributed by atoms with E-state index in [4.69, 9.17) is 4.74 Å². The number of halogens is 2. The summed E-state index contributed by atoms with van der Waals surface area (Å²) >= 11 is 3.24. The summed E-state index contributed by atoms with van der Waals surface area (Å²) in [7, 11) is 1.52. The minimum Gasteiger partial charge on any atom is -0.493 e. The predicted octanol–water partition coefficient (Wildman–Crippen LogP) is 2.49. The van der Waals surface area contributed by atoms with Gasteiger partial charge in [-0.2, -0.15) is 0 Å². The largest absolute Gasteiger partial charge is 0.493 e. The molecule has 0 aliphatic carbocycles. The van der Waals surface area contributed by atoms with Gasteiger partial charge in [0.05, 0.1) is 23.5 Å². The molecule has 1 aromatic carbocycles. The van der Waals surface area contributed by atoms with E-state index < -0.39 is 0 Å². The number of rotatable bonds is 2. The van der Waals surface area contributed by atoms with Crippen molar-refractivity contribution in [1.29, 1.82) is 0 Å². The molecular weight excluding hydrogens is 277 g/mol. The van der Waals surface area contributed by atoms with Crippen LogP contribution in [0.1, 0.15) is 5.69 Å². The van der Waals surface area contributed by atoms with Gasteiger partial charge in [-0.15, -0.1) is 5.10 Å². The summed E-state index contributed by atoms with van der Waals surface area (Å²) in [6, 6.07) is 2.68. The number of hydrogen-bond acceptors (Lipinski definition) is 3. The van der Waals surface area contributed by atoms with Crippen LogP contribution >= 0.6 is 15.9 Å². The molecular formula is C10H9BrFN3O. The highest BCUT2D eigenvalue weighted by Crippen LogP contribution is 2.32. The van der Waals surface area contributed by atoms with E-state index in [9.17, 15) is 4.39 Å². The van der Waals surface area contributed by atoms with Crippen molar-refractivity contribution in [2.45, 2.75) is 6.92 Å². The fraction of sp³-hybridized carbons (Fsp3) is 0.200. The molecule has 2 rings (SSSR count). The summed E-state index contributed by atoms with van der Waals surface area (Å²) in [5.41, 5.74) is 1.26. The van der Waals surface area contributed by atoms with Gasteiger partial charge in [0.25, 0.3) is 0 Å². The van der Waals surface area contributed by atoms with Gasteiger partial charge >= 0.3 is 0 Å². The van der Waals surface area contributed by atoms with Gasteiger partial charge in [-0.3, -0.25) is 0 Å². The van der Waals surface area contributed by atoms with Crippen LogP contribution in [0.5, 0.6) is 5.75 Å². The Morgan fingerprint density at radius 2 is 2.19 bits per heavy atom. The van der Waals surface area contributed by atoms with Gasteiger partial charge in [-0.05, 0) is 28.9 Å². The molecule has 0 fully saturated rings. The number of aromatic nitrogens is 3. The van der Waals surface area contributed by atoms with Crippen molar-refractivity contribution in [2.75, 3.05) is 7.11 Å². The first-order valence-corrected chi connectivity index (χ1v) is 5.33. The van der Waals surface area contributed by atoms with E-state index in [2.05, 4.69) is 26.2 Å². The number of hydrogen-bond donors (Lipinski definition) is 0. The van der Waals surface area contributed by atoms with Gasteiger partial charge in [-0.1, -0.05) is 5.21 Å². The predicted molar refractivity (Wildman–Crippen MR) is 60.3 cm³/mol. The highest BCUT2D eigenvalue weighted by atomic mass is 79.9. The van der Waals surface area contributed by atoms with E-state index in [-0.39, 0.29) is 5.82 Å². The van der Waals surface area contributed by atoms with Crippen molar-refractivity contribution in [3.05, 3.63) is 34.3 Å². The average molecular weight is 286 g/mol. The first-order valence-electron chi connectivity index (χ1n) is 4.54. The van der Waals surface area contributed by atoms with Crippen LogP contribution in [-0.2, 0) is 0 Å². The Labute approximate surface area is 100 Å². The first kappa shape index (κ1) is 11.1. The lowest BCUT2D eigenvalue weighted by Crippen LogP contribution is -2.00. The lowest BCUT2D eigenvalue weighted by atomic mass is 10.3. The minimum absolute atomic E-state index is 0.365. The third kappa shape index (κ3) is 1.92. The Bertz CT molecular complexity index is 527. The van der Waals surface area contributed by atoms with Gasteiger partial charge in [0.1, 0.15) is 11.5 Å². The van der Waals surface area contributed by atoms with Crippen LogP contribution in [0.25, 0.3) is 5.69 Å². The number of ether oxygens (including phenoxy) is 1. The molecule has 1 aromatic heterocycles. The molecule has 1 heterocycles. The average Bonchev–Trinajstić information content (AvgIpc) is 2.63. The Morgan fingerprint density at radius 3 is 2.75 bits per heavy atom. The first-order chi connectivity index (χ1) is 7.61. The molecule has 0 atom stereocenters. The molecule has 0 saturated carbocycles. The molecule has 0 unspecified atom stereocenters.